The van der Waals surface area contributed by atoms with E-state index in [-0.39, 0.29) is 11.9 Å². The summed E-state index contributed by atoms with van der Waals surface area (Å²) in [6.45, 7) is 7.88. The Morgan fingerprint density at radius 1 is 0.972 bits per heavy atom. The Morgan fingerprint density at radius 2 is 1.67 bits per heavy atom. The molecule has 188 valence electrons. The molecule has 2 amide bonds. The van der Waals surface area contributed by atoms with Crippen molar-refractivity contribution in [1.82, 2.24) is 20.8 Å². The number of piperidine rings is 1. The first-order valence-electron chi connectivity index (χ1n) is 12.3. The lowest BCUT2D eigenvalue weighted by atomic mass is 10.1. The first-order valence-corrected chi connectivity index (χ1v) is 12.3. The summed E-state index contributed by atoms with van der Waals surface area (Å²) in [6.07, 6.45) is 2.43. The number of fused-ring (bicyclic) bond motifs is 2. The summed E-state index contributed by atoms with van der Waals surface area (Å²) in [5.41, 5.74) is 3.36. The van der Waals surface area contributed by atoms with Gasteiger partial charge in [-0.25, -0.2) is 20.3 Å². The number of rotatable bonds is 9. The zero-order valence-electron chi connectivity index (χ0n) is 20.7. The smallest absolute Gasteiger partial charge is 0.278 e. The molecule has 5 rings (SSSR count). The van der Waals surface area contributed by atoms with Gasteiger partial charge in [0, 0.05) is 48.9 Å². The van der Waals surface area contributed by atoms with Gasteiger partial charge in [0.1, 0.15) is 0 Å². The summed E-state index contributed by atoms with van der Waals surface area (Å²) in [4.78, 5) is 41.1. The monoisotopic (exact) mass is 489 g/mol. The summed E-state index contributed by atoms with van der Waals surface area (Å²) in [5, 5.41) is 5.36. The number of hydrogen-bond acceptors (Lipinski definition) is 7. The predicted molar refractivity (Wildman–Crippen MR) is 135 cm³/mol. The highest BCUT2D eigenvalue weighted by Gasteiger charge is 2.57. The van der Waals surface area contributed by atoms with E-state index in [1.165, 1.54) is 12.4 Å². The molecule has 2 aromatic carbocycles. The standard InChI is InChI=1S/C27H31N5O4/c1-16(2)15-35-17(3)36-31-26(34)21-11-28-27(29-12-21)32-13-22-23(14-32)24(22)30-25(33)20-9-8-18-6-4-5-7-19(18)10-20/h4-12,16-17,22-24H,13-15H2,1-3H3,(H,30,33)(H,31,34). The van der Waals surface area contributed by atoms with Crippen molar-refractivity contribution < 1.29 is 19.2 Å². The molecule has 2 aliphatic rings. The zero-order chi connectivity index (χ0) is 25.2. The van der Waals surface area contributed by atoms with E-state index < -0.39 is 12.2 Å². The maximum Gasteiger partial charge on any atom is 0.278 e. The fraction of sp³-hybridized carbons (Fsp3) is 0.407. The minimum atomic E-state index is -0.553. The molecule has 9 heteroatoms. The van der Waals surface area contributed by atoms with Gasteiger partial charge in [0.15, 0.2) is 6.29 Å². The lowest BCUT2D eigenvalue weighted by Gasteiger charge is -2.20. The highest BCUT2D eigenvalue weighted by Crippen LogP contribution is 2.46. The Morgan fingerprint density at radius 3 is 2.36 bits per heavy atom. The molecule has 1 saturated carbocycles. The van der Waals surface area contributed by atoms with Crippen molar-refractivity contribution >= 4 is 28.5 Å². The van der Waals surface area contributed by atoms with Crippen LogP contribution in [0.3, 0.4) is 0 Å². The Balaban J connectivity index is 1.09. The summed E-state index contributed by atoms with van der Waals surface area (Å²) >= 11 is 0. The molecule has 36 heavy (non-hydrogen) atoms. The van der Waals surface area contributed by atoms with E-state index in [1.54, 1.807) is 6.92 Å². The average molecular weight is 490 g/mol. The summed E-state index contributed by atoms with van der Waals surface area (Å²) < 4.78 is 5.46. The van der Waals surface area contributed by atoms with Gasteiger partial charge < -0.3 is 15.0 Å². The van der Waals surface area contributed by atoms with Crippen LogP contribution in [-0.4, -0.2) is 53.8 Å². The van der Waals surface area contributed by atoms with Crippen LogP contribution in [0, 0.1) is 17.8 Å². The molecule has 3 aromatic rings. The molecule has 0 bridgehead atoms. The molecule has 1 aromatic heterocycles. The van der Waals surface area contributed by atoms with Crippen molar-refractivity contribution in [3.63, 3.8) is 0 Å². The second-order valence-electron chi connectivity index (χ2n) is 9.91. The van der Waals surface area contributed by atoms with Crippen molar-refractivity contribution in [1.29, 1.82) is 0 Å². The number of aromatic nitrogens is 2. The number of amides is 2. The van der Waals surface area contributed by atoms with E-state index >= 15 is 0 Å². The van der Waals surface area contributed by atoms with E-state index in [0.717, 1.165) is 23.9 Å². The van der Waals surface area contributed by atoms with E-state index in [2.05, 4.69) is 25.7 Å². The maximum absolute atomic E-state index is 12.8. The van der Waals surface area contributed by atoms with Gasteiger partial charge in [-0.3, -0.25) is 9.59 Å². The Hall–Kier alpha value is -3.56. The molecular weight excluding hydrogens is 458 g/mol. The van der Waals surface area contributed by atoms with E-state index in [0.29, 0.717) is 41.4 Å². The van der Waals surface area contributed by atoms with Gasteiger partial charge >= 0.3 is 0 Å². The van der Waals surface area contributed by atoms with Crippen LogP contribution >= 0.6 is 0 Å². The van der Waals surface area contributed by atoms with Crippen LogP contribution in [0.5, 0.6) is 0 Å². The second-order valence-corrected chi connectivity index (χ2v) is 9.91. The van der Waals surface area contributed by atoms with Gasteiger partial charge in [0.25, 0.3) is 11.8 Å². The average Bonchev–Trinajstić information content (AvgIpc) is 3.31. The molecule has 2 N–H and O–H groups in total. The number of ether oxygens (including phenoxy) is 1. The second kappa shape index (κ2) is 10.2. The van der Waals surface area contributed by atoms with Crippen LogP contribution in [-0.2, 0) is 9.57 Å². The number of hydroxylamine groups is 1. The van der Waals surface area contributed by atoms with Gasteiger partial charge in [0.05, 0.1) is 12.2 Å². The van der Waals surface area contributed by atoms with E-state index in [1.807, 2.05) is 56.3 Å². The van der Waals surface area contributed by atoms with Gasteiger partial charge in [-0.05, 0) is 35.7 Å². The molecular formula is C27H31N5O4. The largest absolute Gasteiger partial charge is 0.350 e. The molecule has 1 aliphatic carbocycles. The van der Waals surface area contributed by atoms with Gasteiger partial charge in [-0.2, -0.15) is 0 Å². The Labute approximate surface area is 210 Å². The fourth-order valence-corrected chi connectivity index (χ4v) is 4.63. The normalized spacial score (nSPS) is 21.3. The van der Waals surface area contributed by atoms with Gasteiger partial charge in [-0.1, -0.05) is 44.2 Å². The third kappa shape index (κ3) is 5.32. The zero-order valence-corrected chi connectivity index (χ0v) is 20.7. The van der Waals surface area contributed by atoms with Crippen LogP contribution in [0.1, 0.15) is 41.5 Å². The first kappa shape index (κ1) is 24.1. The Bertz CT molecular complexity index is 1240. The minimum absolute atomic E-state index is 0.0375. The Kier molecular flexibility index (Phi) is 6.84. The van der Waals surface area contributed by atoms with Crippen molar-refractivity contribution in [3.8, 4) is 0 Å². The van der Waals surface area contributed by atoms with Crippen LogP contribution in [0.15, 0.2) is 54.9 Å². The lowest BCUT2D eigenvalue weighted by molar-refractivity contribution is -0.163. The number of nitrogens with one attached hydrogen (secondary N) is 2. The quantitative estimate of drug-likeness (QED) is 0.351. The lowest BCUT2D eigenvalue weighted by Crippen LogP contribution is -2.35. The van der Waals surface area contributed by atoms with Crippen LogP contribution in [0.4, 0.5) is 5.95 Å². The predicted octanol–water partition coefficient (Wildman–Crippen LogP) is 3.17. The fourth-order valence-electron chi connectivity index (χ4n) is 4.63. The molecule has 0 spiro atoms. The van der Waals surface area contributed by atoms with Gasteiger partial charge in [0.2, 0.25) is 5.95 Å². The van der Waals surface area contributed by atoms with Crippen molar-refractivity contribution in [2.75, 3.05) is 24.6 Å². The molecule has 3 atom stereocenters. The van der Waals surface area contributed by atoms with Crippen molar-refractivity contribution in [2.24, 2.45) is 17.8 Å². The maximum atomic E-state index is 12.8. The van der Waals surface area contributed by atoms with E-state index in [9.17, 15) is 9.59 Å². The third-order valence-electron chi connectivity index (χ3n) is 6.67. The summed E-state index contributed by atoms with van der Waals surface area (Å²) in [6, 6.07) is 14.0. The number of carbonyl (C=O) groups is 2. The molecule has 0 radical (unpaired) electrons. The van der Waals surface area contributed by atoms with E-state index in [4.69, 9.17) is 9.57 Å². The number of benzene rings is 2. The van der Waals surface area contributed by atoms with Crippen LogP contribution in [0.25, 0.3) is 10.8 Å². The number of hydrogen-bond donors (Lipinski definition) is 2. The van der Waals surface area contributed by atoms with Crippen molar-refractivity contribution in [2.45, 2.75) is 33.1 Å². The number of anilines is 1. The van der Waals surface area contributed by atoms with Crippen LogP contribution in [0.2, 0.25) is 0 Å². The number of nitrogens with zero attached hydrogens (tertiary/aromatic N) is 3. The first-order chi connectivity index (χ1) is 17.4. The highest BCUT2D eigenvalue weighted by atomic mass is 16.8. The molecule has 9 nitrogen and oxygen atoms in total. The molecule has 3 unspecified atom stereocenters. The molecule has 1 saturated heterocycles. The summed E-state index contributed by atoms with van der Waals surface area (Å²) in [7, 11) is 0. The SMILES string of the molecule is CC(C)COC(C)ONC(=O)c1cnc(N2CC3C(C2)C3NC(=O)c2ccc3ccccc3c2)nc1. The third-order valence-corrected chi connectivity index (χ3v) is 6.67. The van der Waals surface area contributed by atoms with Crippen molar-refractivity contribution in [3.05, 3.63) is 66.0 Å². The number of carbonyl (C=O) groups excluding carboxylic acids is 2. The molecule has 2 fully saturated rings. The van der Waals surface area contributed by atoms with Crippen LogP contribution < -0.4 is 15.7 Å². The molecule has 2 heterocycles. The minimum Gasteiger partial charge on any atom is -0.350 e. The highest BCUT2D eigenvalue weighted by molar-refractivity contribution is 5.99. The molecule has 1 aliphatic heterocycles. The topological polar surface area (TPSA) is 106 Å². The van der Waals surface area contributed by atoms with Gasteiger partial charge in [-0.15, -0.1) is 0 Å². The summed E-state index contributed by atoms with van der Waals surface area (Å²) in [5.74, 6) is 1.24.